The molecule has 0 spiro atoms. The van der Waals surface area contributed by atoms with E-state index >= 15 is 0 Å². The van der Waals surface area contributed by atoms with Crippen LogP contribution in [0.2, 0.25) is 0 Å². The van der Waals surface area contributed by atoms with E-state index in [1.807, 2.05) is 0 Å². The summed E-state index contributed by atoms with van der Waals surface area (Å²) >= 11 is 0. The fourth-order valence-corrected chi connectivity index (χ4v) is 1.70. The van der Waals surface area contributed by atoms with Crippen molar-refractivity contribution in [2.24, 2.45) is 0 Å². The molecule has 0 unspecified atom stereocenters. The second-order valence-corrected chi connectivity index (χ2v) is 4.09. The summed E-state index contributed by atoms with van der Waals surface area (Å²) in [5.41, 5.74) is 0.0442. The molecule has 112 valence electrons. The molecule has 0 atom stereocenters. The number of hydrogen-bond donors (Lipinski definition) is 1. The number of nitrogens with one attached hydrogen (secondary N) is 1. The van der Waals surface area contributed by atoms with Gasteiger partial charge in [0.05, 0.1) is 5.69 Å². The van der Waals surface area contributed by atoms with E-state index in [0.29, 0.717) is 12.1 Å². The average molecular weight is 303 g/mol. The van der Waals surface area contributed by atoms with E-state index in [1.165, 1.54) is 18.2 Å². The van der Waals surface area contributed by atoms with Crippen molar-refractivity contribution in [3.63, 3.8) is 0 Å². The van der Waals surface area contributed by atoms with E-state index in [0.717, 1.165) is 0 Å². The maximum Gasteiger partial charge on any atom is 0.387 e. The SMILES string of the molecule is Fc1cc(F)c(CNc2ccccc2OC(F)F)cc1F. The smallest absolute Gasteiger partial charge is 0.387 e. The molecule has 7 heteroatoms. The van der Waals surface area contributed by atoms with Crippen LogP contribution in [0.1, 0.15) is 5.56 Å². The molecule has 0 aliphatic rings. The fourth-order valence-electron chi connectivity index (χ4n) is 1.70. The summed E-state index contributed by atoms with van der Waals surface area (Å²) in [7, 11) is 0. The second kappa shape index (κ2) is 6.43. The van der Waals surface area contributed by atoms with Gasteiger partial charge >= 0.3 is 6.61 Å². The summed E-state index contributed by atoms with van der Waals surface area (Å²) in [4.78, 5) is 0. The maximum absolute atomic E-state index is 13.4. The van der Waals surface area contributed by atoms with Gasteiger partial charge in [-0.1, -0.05) is 12.1 Å². The van der Waals surface area contributed by atoms with Crippen molar-refractivity contribution in [2.45, 2.75) is 13.2 Å². The van der Waals surface area contributed by atoms with Crippen LogP contribution >= 0.6 is 0 Å². The molecule has 0 saturated carbocycles. The molecule has 1 N–H and O–H groups in total. The van der Waals surface area contributed by atoms with Crippen LogP contribution in [0.4, 0.5) is 27.6 Å². The molecule has 0 bridgehead atoms. The van der Waals surface area contributed by atoms with E-state index in [-0.39, 0.29) is 23.5 Å². The molecule has 2 aromatic rings. The Kier molecular flexibility index (Phi) is 4.62. The van der Waals surface area contributed by atoms with Crippen molar-refractivity contribution < 1.29 is 26.7 Å². The first-order chi connectivity index (χ1) is 9.97. The maximum atomic E-state index is 13.4. The van der Waals surface area contributed by atoms with Gasteiger partial charge in [0.2, 0.25) is 0 Å². The first-order valence-corrected chi connectivity index (χ1v) is 5.88. The van der Waals surface area contributed by atoms with Gasteiger partial charge < -0.3 is 10.1 Å². The Labute approximate surface area is 117 Å². The van der Waals surface area contributed by atoms with Crippen LogP contribution in [-0.4, -0.2) is 6.61 Å². The average Bonchev–Trinajstić information content (AvgIpc) is 2.42. The van der Waals surface area contributed by atoms with Gasteiger partial charge in [0, 0.05) is 18.2 Å². The van der Waals surface area contributed by atoms with Gasteiger partial charge in [-0.2, -0.15) is 8.78 Å². The number of alkyl halides is 2. The number of ether oxygens (including phenoxy) is 1. The van der Waals surface area contributed by atoms with E-state index in [9.17, 15) is 22.0 Å². The standard InChI is InChI=1S/C14H10F5NO/c15-9-6-11(17)10(16)5-8(9)7-20-12-3-1-2-4-13(12)21-14(18)19/h1-6,14,20H,7H2. The summed E-state index contributed by atoms with van der Waals surface area (Å²) in [6.45, 7) is -3.22. The summed E-state index contributed by atoms with van der Waals surface area (Å²) in [5.74, 6) is -3.55. The number of benzene rings is 2. The van der Waals surface area contributed by atoms with E-state index in [4.69, 9.17) is 0 Å². The van der Waals surface area contributed by atoms with Crippen LogP contribution in [0.5, 0.6) is 5.75 Å². The number of para-hydroxylation sites is 2. The van der Waals surface area contributed by atoms with Gasteiger partial charge in [-0.3, -0.25) is 0 Å². The van der Waals surface area contributed by atoms with Gasteiger partial charge in [-0.25, -0.2) is 13.2 Å². The van der Waals surface area contributed by atoms with Gasteiger partial charge in [-0.05, 0) is 18.2 Å². The Bertz CT molecular complexity index is 633. The molecule has 2 nitrogen and oxygen atoms in total. The summed E-state index contributed by atoms with van der Waals surface area (Å²) < 4.78 is 68.0. The van der Waals surface area contributed by atoms with Crippen molar-refractivity contribution in [2.75, 3.05) is 5.32 Å². The van der Waals surface area contributed by atoms with Crippen LogP contribution in [0, 0.1) is 17.5 Å². The monoisotopic (exact) mass is 303 g/mol. The highest BCUT2D eigenvalue weighted by molar-refractivity contribution is 5.56. The fraction of sp³-hybridized carbons (Fsp3) is 0.143. The molecular weight excluding hydrogens is 293 g/mol. The lowest BCUT2D eigenvalue weighted by atomic mass is 10.2. The molecule has 2 aromatic carbocycles. The van der Waals surface area contributed by atoms with E-state index in [2.05, 4.69) is 10.1 Å². The molecule has 0 radical (unpaired) electrons. The minimum atomic E-state index is -3.01. The van der Waals surface area contributed by atoms with Gasteiger partial charge in [-0.15, -0.1) is 0 Å². The number of anilines is 1. The van der Waals surface area contributed by atoms with Crippen LogP contribution in [0.25, 0.3) is 0 Å². The molecule has 0 heterocycles. The Hall–Kier alpha value is -2.31. The minimum Gasteiger partial charge on any atom is -0.433 e. The highest BCUT2D eigenvalue weighted by Gasteiger charge is 2.12. The highest BCUT2D eigenvalue weighted by atomic mass is 19.3. The zero-order chi connectivity index (χ0) is 15.4. The third-order valence-electron chi connectivity index (χ3n) is 2.66. The molecule has 2 rings (SSSR count). The second-order valence-electron chi connectivity index (χ2n) is 4.09. The summed E-state index contributed by atoms with van der Waals surface area (Å²) in [6.07, 6.45) is 0. The quantitative estimate of drug-likeness (QED) is 0.656. The number of hydrogen-bond acceptors (Lipinski definition) is 2. The Morgan fingerprint density at radius 1 is 0.952 bits per heavy atom. The van der Waals surface area contributed by atoms with Crippen molar-refractivity contribution >= 4 is 5.69 Å². The molecule has 0 saturated heterocycles. The Morgan fingerprint density at radius 3 is 2.33 bits per heavy atom. The molecule has 0 aliphatic heterocycles. The molecular formula is C14H10F5NO. The summed E-state index contributed by atoms with van der Waals surface area (Å²) in [6, 6.07) is 6.91. The zero-order valence-electron chi connectivity index (χ0n) is 10.5. The first kappa shape index (κ1) is 15.1. The van der Waals surface area contributed by atoms with Crippen molar-refractivity contribution in [1.29, 1.82) is 0 Å². The normalized spacial score (nSPS) is 10.8. The third-order valence-corrected chi connectivity index (χ3v) is 2.66. The number of rotatable bonds is 5. The van der Waals surface area contributed by atoms with E-state index in [1.54, 1.807) is 6.07 Å². The van der Waals surface area contributed by atoms with Crippen LogP contribution in [0.15, 0.2) is 36.4 Å². The first-order valence-electron chi connectivity index (χ1n) is 5.88. The Morgan fingerprint density at radius 2 is 1.62 bits per heavy atom. The van der Waals surface area contributed by atoms with Crippen molar-refractivity contribution in [3.8, 4) is 5.75 Å². The predicted octanol–water partition coefficient (Wildman–Crippen LogP) is 4.32. The van der Waals surface area contributed by atoms with Crippen molar-refractivity contribution in [3.05, 3.63) is 59.4 Å². The highest BCUT2D eigenvalue weighted by Crippen LogP contribution is 2.26. The topological polar surface area (TPSA) is 21.3 Å². The molecule has 21 heavy (non-hydrogen) atoms. The molecule has 0 amide bonds. The zero-order valence-corrected chi connectivity index (χ0v) is 10.5. The molecule has 0 aliphatic carbocycles. The minimum absolute atomic E-state index is 0.129. The van der Waals surface area contributed by atoms with E-state index < -0.39 is 24.1 Å². The van der Waals surface area contributed by atoms with Crippen LogP contribution in [0.3, 0.4) is 0 Å². The van der Waals surface area contributed by atoms with Gasteiger partial charge in [0.15, 0.2) is 11.6 Å². The van der Waals surface area contributed by atoms with Crippen molar-refractivity contribution in [1.82, 2.24) is 0 Å². The lowest BCUT2D eigenvalue weighted by Crippen LogP contribution is -2.07. The summed E-state index contributed by atoms with van der Waals surface area (Å²) in [5, 5.41) is 2.63. The Balaban J connectivity index is 2.15. The predicted molar refractivity (Wildman–Crippen MR) is 66.7 cm³/mol. The van der Waals surface area contributed by atoms with Gasteiger partial charge in [0.25, 0.3) is 0 Å². The lowest BCUT2D eigenvalue weighted by molar-refractivity contribution is -0.0493. The molecule has 0 aromatic heterocycles. The van der Waals surface area contributed by atoms with Crippen LogP contribution < -0.4 is 10.1 Å². The van der Waals surface area contributed by atoms with Crippen LogP contribution in [-0.2, 0) is 6.54 Å². The molecule has 0 fully saturated rings. The van der Waals surface area contributed by atoms with Gasteiger partial charge in [0.1, 0.15) is 11.6 Å². The largest absolute Gasteiger partial charge is 0.433 e. The third kappa shape index (κ3) is 3.84. The number of halogens is 5. The lowest BCUT2D eigenvalue weighted by Gasteiger charge is -2.13.